The molecule has 1 N–H and O–H groups in total. The molecule has 1 aliphatic heterocycles. The molecular formula is C27H43N3O2. The third-order valence-corrected chi connectivity index (χ3v) is 7.15. The van der Waals surface area contributed by atoms with Gasteiger partial charge in [0.1, 0.15) is 0 Å². The predicted molar refractivity (Wildman–Crippen MR) is 133 cm³/mol. The summed E-state index contributed by atoms with van der Waals surface area (Å²) in [4.78, 5) is 29.1. The first-order valence-corrected chi connectivity index (χ1v) is 13.1. The normalized spacial score (nSPS) is 17.0. The molecule has 32 heavy (non-hydrogen) atoms. The van der Waals surface area contributed by atoms with Crippen LogP contribution in [0.5, 0.6) is 0 Å². The van der Waals surface area contributed by atoms with Gasteiger partial charge in [0.05, 0.1) is 0 Å². The highest BCUT2D eigenvalue weighted by molar-refractivity contribution is 5.90. The number of benzene rings is 1. The van der Waals surface area contributed by atoms with E-state index >= 15 is 0 Å². The lowest BCUT2D eigenvalue weighted by atomic mass is 10.0. The number of carbonyl (C=O) groups excluding carboxylic acids is 2. The van der Waals surface area contributed by atoms with Crippen LogP contribution in [-0.2, 0) is 9.59 Å². The smallest absolute Gasteiger partial charge is 0.224 e. The minimum atomic E-state index is 0.109. The first kappa shape index (κ1) is 24.6. The van der Waals surface area contributed by atoms with Gasteiger partial charge in [-0.3, -0.25) is 9.59 Å². The maximum absolute atomic E-state index is 12.6. The van der Waals surface area contributed by atoms with Gasteiger partial charge in [-0.1, -0.05) is 64.7 Å². The monoisotopic (exact) mass is 441 g/mol. The van der Waals surface area contributed by atoms with Crippen LogP contribution in [-0.4, -0.2) is 42.9 Å². The van der Waals surface area contributed by atoms with Crippen molar-refractivity contribution < 1.29 is 9.59 Å². The molecule has 2 amide bonds. The Kier molecular flexibility index (Phi) is 10.4. The van der Waals surface area contributed by atoms with E-state index in [1.54, 1.807) is 0 Å². The number of nitrogens with one attached hydrogen (secondary N) is 1. The molecule has 2 aliphatic rings. The summed E-state index contributed by atoms with van der Waals surface area (Å²) in [5.41, 5.74) is 2.03. The lowest BCUT2D eigenvalue weighted by Crippen LogP contribution is -2.48. The second kappa shape index (κ2) is 13.5. The molecule has 1 saturated heterocycles. The molecule has 2 fully saturated rings. The summed E-state index contributed by atoms with van der Waals surface area (Å²) < 4.78 is 0. The van der Waals surface area contributed by atoms with Crippen LogP contribution in [0, 0.1) is 5.92 Å². The molecule has 0 radical (unpaired) electrons. The van der Waals surface area contributed by atoms with E-state index < -0.39 is 0 Å². The summed E-state index contributed by atoms with van der Waals surface area (Å²) >= 11 is 0. The Morgan fingerprint density at radius 2 is 1.53 bits per heavy atom. The Labute approximate surface area is 194 Å². The number of piperazine rings is 1. The fourth-order valence-corrected chi connectivity index (χ4v) is 5.04. The Morgan fingerprint density at radius 1 is 0.875 bits per heavy atom. The third kappa shape index (κ3) is 8.14. The van der Waals surface area contributed by atoms with Gasteiger partial charge in [-0.2, -0.15) is 0 Å². The molecule has 1 saturated carbocycles. The summed E-state index contributed by atoms with van der Waals surface area (Å²) in [7, 11) is 0. The summed E-state index contributed by atoms with van der Waals surface area (Å²) in [6.45, 7) is 5.58. The summed E-state index contributed by atoms with van der Waals surface area (Å²) in [5.74, 6) is 1.22. The van der Waals surface area contributed by atoms with Crippen LogP contribution < -0.4 is 10.2 Å². The van der Waals surface area contributed by atoms with Crippen LogP contribution in [0.15, 0.2) is 24.3 Å². The van der Waals surface area contributed by atoms with Gasteiger partial charge in [0.15, 0.2) is 0 Å². The molecule has 5 heteroatoms. The van der Waals surface area contributed by atoms with Crippen LogP contribution in [0.3, 0.4) is 0 Å². The van der Waals surface area contributed by atoms with Gasteiger partial charge in [0, 0.05) is 50.4 Å². The van der Waals surface area contributed by atoms with E-state index in [2.05, 4.69) is 29.3 Å². The van der Waals surface area contributed by atoms with E-state index in [4.69, 9.17) is 0 Å². The summed E-state index contributed by atoms with van der Waals surface area (Å²) in [5, 5.41) is 3.02. The number of unbranched alkanes of at least 4 members (excludes halogenated alkanes) is 5. The number of amides is 2. The maximum atomic E-state index is 12.6. The van der Waals surface area contributed by atoms with Crippen molar-refractivity contribution in [2.75, 3.05) is 36.4 Å². The standard InChI is InChI=1S/C27H43N3O2/c1-2-3-4-5-6-7-12-26(31)28-24-14-16-25(17-15-24)29-19-21-30(22-20-29)27(32)18-13-23-10-8-9-11-23/h14-17,23H,2-13,18-22H2,1H3,(H,28,31). The second-order valence-electron chi connectivity index (χ2n) is 9.67. The average molecular weight is 442 g/mol. The zero-order valence-electron chi connectivity index (χ0n) is 20.1. The van der Waals surface area contributed by atoms with Crippen molar-refractivity contribution in [3.63, 3.8) is 0 Å². The molecule has 1 aromatic carbocycles. The van der Waals surface area contributed by atoms with Crippen LogP contribution >= 0.6 is 0 Å². The van der Waals surface area contributed by atoms with Crippen LogP contribution in [0.1, 0.15) is 90.4 Å². The minimum absolute atomic E-state index is 0.109. The van der Waals surface area contributed by atoms with Gasteiger partial charge >= 0.3 is 0 Å². The first-order chi connectivity index (χ1) is 15.7. The van der Waals surface area contributed by atoms with Crippen molar-refractivity contribution in [1.29, 1.82) is 0 Å². The van der Waals surface area contributed by atoms with Crippen LogP contribution in [0.4, 0.5) is 11.4 Å². The molecule has 0 spiro atoms. The number of rotatable bonds is 12. The summed E-state index contributed by atoms with van der Waals surface area (Å²) in [6, 6.07) is 8.15. The Balaban J connectivity index is 1.33. The average Bonchev–Trinajstić information content (AvgIpc) is 3.34. The van der Waals surface area contributed by atoms with Crippen molar-refractivity contribution in [3.05, 3.63) is 24.3 Å². The number of anilines is 2. The SMILES string of the molecule is CCCCCCCCC(=O)Nc1ccc(N2CCN(C(=O)CCC3CCCC3)CC2)cc1. The van der Waals surface area contributed by atoms with Gasteiger partial charge in [-0.15, -0.1) is 0 Å². The van der Waals surface area contributed by atoms with E-state index in [9.17, 15) is 9.59 Å². The molecule has 1 heterocycles. The molecule has 1 aliphatic carbocycles. The molecule has 0 aromatic heterocycles. The molecule has 1 aromatic rings. The largest absolute Gasteiger partial charge is 0.368 e. The molecule has 0 atom stereocenters. The molecule has 5 nitrogen and oxygen atoms in total. The Bertz CT molecular complexity index is 689. The predicted octanol–water partition coefficient (Wildman–Crippen LogP) is 5.99. The minimum Gasteiger partial charge on any atom is -0.368 e. The maximum Gasteiger partial charge on any atom is 0.224 e. The van der Waals surface area contributed by atoms with Gasteiger partial charge in [-0.05, 0) is 43.0 Å². The molecule has 0 unspecified atom stereocenters. The van der Waals surface area contributed by atoms with Crippen molar-refractivity contribution in [2.45, 2.75) is 90.4 Å². The molecule has 0 bridgehead atoms. The molecule has 3 rings (SSSR count). The van der Waals surface area contributed by atoms with Gasteiger partial charge in [0.25, 0.3) is 0 Å². The highest BCUT2D eigenvalue weighted by Crippen LogP contribution is 2.29. The van der Waals surface area contributed by atoms with E-state index in [-0.39, 0.29) is 5.91 Å². The third-order valence-electron chi connectivity index (χ3n) is 7.15. The molecular weight excluding hydrogens is 398 g/mol. The quantitative estimate of drug-likeness (QED) is 0.405. The van der Waals surface area contributed by atoms with Crippen molar-refractivity contribution >= 4 is 23.2 Å². The zero-order valence-corrected chi connectivity index (χ0v) is 20.1. The van der Waals surface area contributed by atoms with E-state index in [0.29, 0.717) is 12.3 Å². The lowest BCUT2D eigenvalue weighted by Gasteiger charge is -2.36. The van der Waals surface area contributed by atoms with Crippen molar-refractivity contribution in [2.24, 2.45) is 5.92 Å². The number of nitrogens with zero attached hydrogens (tertiary/aromatic N) is 2. The van der Waals surface area contributed by atoms with E-state index in [1.165, 1.54) is 51.4 Å². The summed E-state index contributed by atoms with van der Waals surface area (Å²) in [6.07, 6.45) is 14.9. The first-order valence-electron chi connectivity index (χ1n) is 13.1. The Hall–Kier alpha value is -2.04. The van der Waals surface area contributed by atoms with Crippen molar-refractivity contribution in [1.82, 2.24) is 4.90 Å². The lowest BCUT2D eigenvalue weighted by molar-refractivity contribution is -0.131. The fourth-order valence-electron chi connectivity index (χ4n) is 5.04. The Morgan fingerprint density at radius 3 is 2.22 bits per heavy atom. The van der Waals surface area contributed by atoms with Gasteiger partial charge in [-0.25, -0.2) is 0 Å². The highest BCUT2D eigenvalue weighted by atomic mass is 16.2. The van der Waals surface area contributed by atoms with E-state index in [0.717, 1.165) is 69.2 Å². The molecule has 178 valence electrons. The van der Waals surface area contributed by atoms with Crippen LogP contribution in [0.2, 0.25) is 0 Å². The van der Waals surface area contributed by atoms with Crippen molar-refractivity contribution in [3.8, 4) is 0 Å². The number of hydrogen-bond donors (Lipinski definition) is 1. The number of hydrogen-bond acceptors (Lipinski definition) is 3. The zero-order chi connectivity index (χ0) is 22.6. The fraction of sp³-hybridized carbons (Fsp3) is 0.704. The van der Waals surface area contributed by atoms with Gasteiger partial charge in [0.2, 0.25) is 11.8 Å². The second-order valence-corrected chi connectivity index (χ2v) is 9.67. The number of carbonyl (C=O) groups is 2. The van der Waals surface area contributed by atoms with E-state index in [1.807, 2.05) is 17.0 Å². The van der Waals surface area contributed by atoms with Gasteiger partial charge < -0.3 is 15.1 Å². The highest BCUT2D eigenvalue weighted by Gasteiger charge is 2.23. The topological polar surface area (TPSA) is 52.7 Å². The van der Waals surface area contributed by atoms with Crippen LogP contribution in [0.25, 0.3) is 0 Å².